The fourth-order valence-electron chi connectivity index (χ4n) is 4.35. The summed E-state index contributed by atoms with van der Waals surface area (Å²) in [5, 5.41) is 18.7. The van der Waals surface area contributed by atoms with Gasteiger partial charge in [0.2, 0.25) is 0 Å². The molecule has 8 nitrogen and oxygen atoms in total. The van der Waals surface area contributed by atoms with E-state index in [1.165, 1.54) is 5.01 Å². The van der Waals surface area contributed by atoms with Gasteiger partial charge in [-0.05, 0) is 56.0 Å². The Labute approximate surface area is 194 Å². The summed E-state index contributed by atoms with van der Waals surface area (Å²) in [6.07, 6.45) is 2.01. The number of ether oxygens (including phenoxy) is 2. The van der Waals surface area contributed by atoms with Crippen LogP contribution >= 0.6 is 0 Å². The number of anilines is 1. The lowest BCUT2D eigenvalue weighted by Crippen LogP contribution is -2.36. The largest absolute Gasteiger partial charge is 0.493 e. The highest BCUT2D eigenvalue weighted by Crippen LogP contribution is 2.34. The Hall–Kier alpha value is -3.26. The predicted molar refractivity (Wildman–Crippen MR) is 129 cm³/mol. The van der Waals surface area contributed by atoms with Crippen LogP contribution in [0.4, 0.5) is 10.5 Å². The number of fused-ring (bicyclic) bond motifs is 1. The molecule has 2 aliphatic heterocycles. The van der Waals surface area contributed by atoms with Crippen molar-refractivity contribution < 1.29 is 19.4 Å². The van der Waals surface area contributed by atoms with Crippen LogP contribution in [0.2, 0.25) is 0 Å². The highest BCUT2D eigenvalue weighted by atomic mass is 16.5. The van der Waals surface area contributed by atoms with Crippen molar-refractivity contribution in [3.63, 3.8) is 0 Å². The van der Waals surface area contributed by atoms with Crippen molar-refractivity contribution in [1.29, 1.82) is 0 Å². The molecule has 2 aliphatic rings. The van der Waals surface area contributed by atoms with E-state index in [1.54, 1.807) is 14.2 Å². The standard InChI is InChI=1S/C25H32N4O4/c1-4-33-23-16-21-18(15-22(23)32-3)9-14-29(25(31)26-2)27-24(21)17-5-7-19(8-6-17)28-12-10-20(30)11-13-28/h5-8,15-16,20,30H,4,9-14H2,1-3H3,(H,26,31). The molecule has 0 aromatic heterocycles. The number of aliphatic hydroxyl groups is 1. The predicted octanol–water partition coefficient (Wildman–Crippen LogP) is 3.00. The molecule has 2 amide bonds. The Morgan fingerprint density at radius 1 is 1.15 bits per heavy atom. The van der Waals surface area contributed by atoms with E-state index >= 15 is 0 Å². The number of amides is 2. The van der Waals surface area contributed by atoms with Crippen molar-refractivity contribution in [2.45, 2.75) is 32.3 Å². The van der Waals surface area contributed by atoms with Crippen LogP contribution < -0.4 is 19.7 Å². The number of hydrogen-bond acceptors (Lipinski definition) is 6. The van der Waals surface area contributed by atoms with Crippen molar-refractivity contribution in [1.82, 2.24) is 10.3 Å². The minimum Gasteiger partial charge on any atom is -0.493 e. The zero-order valence-electron chi connectivity index (χ0n) is 19.5. The zero-order valence-corrected chi connectivity index (χ0v) is 19.5. The van der Waals surface area contributed by atoms with E-state index < -0.39 is 0 Å². The molecule has 2 aromatic carbocycles. The van der Waals surface area contributed by atoms with Crippen LogP contribution in [0.15, 0.2) is 41.5 Å². The van der Waals surface area contributed by atoms with Gasteiger partial charge < -0.3 is 24.8 Å². The molecule has 2 aromatic rings. The maximum Gasteiger partial charge on any atom is 0.337 e. The van der Waals surface area contributed by atoms with E-state index in [1.807, 2.05) is 31.2 Å². The minimum absolute atomic E-state index is 0.204. The maximum absolute atomic E-state index is 12.5. The van der Waals surface area contributed by atoms with Gasteiger partial charge in [-0.3, -0.25) is 0 Å². The number of aliphatic hydroxyl groups excluding tert-OH is 1. The summed E-state index contributed by atoms with van der Waals surface area (Å²) in [6, 6.07) is 11.9. The quantitative estimate of drug-likeness (QED) is 0.728. The summed E-state index contributed by atoms with van der Waals surface area (Å²) < 4.78 is 11.4. The molecule has 1 saturated heterocycles. The summed E-state index contributed by atoms with van der Waals surface area (Å²) in [4.78, 5) is 14.7. The topological polar surface area (TPSA) is 86.6 Å². The number of carbonyl (C=O) groups excluding carboxylic acids is 1. The van der Waals surface area contributed by atoms with Crippen LogP contribution in [-0.4, -0.2) is 68.4 Å². The number of urea groups is 1. The van der Waals surface area contributed by atoms with Crippen molar-refractivity contribution >= 4 is 17.4 Å². The summed E-state index contributed by atoms with van der Waals surface area (Å²) in [5.74, 6) is 1.33. The molecule has 0 bridgehead atoms. The number of carbonyl (C=O) groups is 1. The Bertz CT molecular complexity index is 1010. The van der Waals surface area contributed by atoms with Gasteiger partial charge in [0.15, 0.2) is 11.5 Å². The van der Waals surface area contributed by atoms with Crippen LogP contribution in [0.25, 0.3) is 0 Å². The number of nitrogens with one attached hydrogen (secondary N) is 1. The molecule has 0 saturated carbocycles. The number of hydrazone groups is 1. The first kappa shape index (κ1) is 22.9. The second kappa shape index (κ2) is 10.1. The minimum atomic E-state index is -0.249. The van der Waals surface area contributed by atoms with Crippen molar-refractivity contribution in [2.75, 3.05) is 45.3 Å². The lowest BCUT2D eigenvalue weighted by atomic mass is 9.95. The number of piperidine rings is 1. The number of methoxy groups -OCH3 is 1. The van der Waals surface area contributed by atoms with E-state index in [-0.39, 0.29) is 12.1 Å². The Morgan fingerprint density at radius 3 is 2.52 bits per heavy atom. The fraction of sp³-hybridized carbons (Fsp3) is 0.440. The highest BCUT2D eigenvalue weighted by molar-refractivity contribution is 6.14. The van der Waals surface area contributed by atoms with Gasteiger partial charge in [0.1, 0.15) is 0 Å². The monoisotopic (exact) mass is 452 g/mol. The zero-order chi connectivity index (χ0) is 23.4. The Kier molecular flexibility index (Phi) is 7.03. The molecule has 8 heteroatoms. The van der Waals surface area contributed by atoms with Crippen LogP contribution in [0, 0.1) is 0 Å². The lowest BCUT2D eigenvalue weighted by molar-refractivity contribution is 0.145. The Balaban J connectivity index is 1.74. The van der Waals surface area contributed by atoms with E-state index in [4.69, 9.17) is 14.6 Å². The van der Waals surface area contributed by atoms with Gasteiger partial charge in [0, 0.05) is 37.0 Å². The SMILES string of the molecule is CCOc1cc2c(cc1OC)CCN(C(=O)NC)N=C2c1ccc(N2CCC(O)CC2)cc1. The fourth-order valence-corrected chi connectivity index (χ4v) is 4.35. The molecule has 0 unspecified atom stereocenters. The normalized spacial score (nSPS) is 16.5. The van der Waals surface area contributed by atoms with Crippen LogP contribution in [-0.2, 0) is 6.42 Å². The first-order valence-corrected chi connectivity index (χ1v) is 11.5. The van der Waals surface area contributed by atoms with Crippen LogP contribution in [0.3, 0.4) is 0 Å². The first-order chi connectivity index (χ1) is 16.0. The van der Waals surface area contributed by atoms with Gasteiger partial charge in [0.05, 0.1) is 32.1 Å². The first-order valence-electron chi connectivity index (χ1n) is 11.5. The van der Waals surface area contributed by atoms with Crippen LogP contribution in [0.1, 0.15) is 36.5 Å². The molecule has 33 heavy (non-hydrogen) atoms. The van der Waals surface area contributed by atoms with Gasteiger partial charge in [-0.25, -0.2) is 9.80 Å². The van der Waals surface area contributed by atoms with Gasteiger partial charge in [-0.2, -0.15) is 5.10 Å². The summed E-state index contributed by atoms with van der Waals surface area (Å²) in [5.41, 5.74) is 4.73. The van der Waals surface area contributed by atoms with Gasteiger partial charge in [0.25, 0.3) is 0 Å². The third kappa shape index (κ3) is 4.90. The summed E-state index contributed by atoms with van der Waals surface area (Å²) >= 11 is 0. The van der Waals surface area contributed by atoms with Crippen molar-refractivity contribution in [3.05, 3.63) is 53.1 Å². The molecular weight excluding hydrogens is 420 g/mol. The summed E-state index contributed by atoms with van der Waals surface area (Å²) in [6.45, 7) is 4.59. The second-order valence-corrected chi connectivity index (χ2v) is 8.24. The van der Waals surface area contributed by atoms with E-state index in [0.717, 1.165) is 54.0 Å². The Morgan fingerprint density at radius 2 is 1.88 bits per heavy atom. The van der Waals surface area contributed by atoms with Gasteiger partial charge in [-0.1, -0.05) is 12.1 Å². The van der Waals surface area contributed by atoms with Gasteiger partial charge >= 0.3 is 6.03 Å². The van der Waals surface area contributed by atoms with E-state index in [2.05, 4.69) is 22.3 Å². The average molecular weight is 453 g/mol. The molecule has 176 valence electrons. The molecule has 2 heterocycles. The number of hydrogen-bond donors (Lipinski definition) is 2. The highest BCUT2D eigenvalue weighted by Gasteiger charge is 2.24. The molecule has 0 atom stereocenters. The maximum atomic E-state index is 12.5. The lowest BCUT2D eigenvalue weighted by Gasteiger charge is -2.31. The molecule has 0 aliphatic carbocycles. The molecule has 1 fully saturated rings. The van der Waals surface area contributed by atoms with Crippen molar-refractivity contribution in [2.24, 2.45) is 5.10 Å². The van der Waals surface area contributed by atoms with Gasteiger partial charge in [-0.15, -0.1) is 0 Å². The third-order valence-electron chi connectivity index (χ3n) is 6.18. The summed E-state index contributed by atoms with van der Waals surface area (Å²) in [7, 11) is 3.24. The van der Waals surface area contributed by atoms with Crippen LogP contribution in [0.5, 0.6) is 11.5 Å². The molecular formula is C25H32N4O4. The number of benzene rings is 2. The number of rotatable bonds is 5. The third-order valence-corrected chi connectivity index (χ3v) is 6.18. The van der Waals surface area contributed by atoms with E-state index in [9.17, 15) is 9.90 Å². The molecule has 0 radical (unpaired) electrons. The average Bonchev–Trinajstić information content (AvgIpc) is 3.03. The smallest absolute Gasteiger partial charge is 0.337 e. The molecule has 4 rings (SSSR count). The molecule has 2 N–H and O–H groups in total. The van der Waals surface area contributed by atoms with Crippen molar-refractivity contribution in [3.8, 4) is 11.5 Å². The molecule has 0 spiro atoms. The van der Waals surface area contributed by atoms with E-state index in [0.29, 0.717) is 31.1 Å². The second-order valence-electron chi connectivity index (χ2n) is 8.24. The number of nitrogens with zero attached hydrogens (tertiary/aromatic N) is 3.